The number of aromatic nitrogens is 5. The summed E-state index contributed by atoms with van der Waals surface area (Å²) >= 11 is 1.87. The Morgan fingerprint density at radius 2 is 1.85 bits per heavy atom. The summed E-state index contributed by atoms with van der Waals surface area (Å²) in [6.45, 7) is 17.2. The number of pyridine rings is 1. The minimum atomic E-state index is 0.381. The molecule has 1 saturated heterocycles. The molecule has 0 spiro atoms. The smallest absolute Gasteiger partial charge is 0.158 e. The summed E-state index contributed by atoms with van der Waals surface area (Å²) in [6.07, 6.45) is 8.77. The molecule has 1 N–H and O–H groups in total. The van der Waals surface area contributed by atoms with E-state index in [0.29, 0.717) is 11.8 Å². The molecule has 0 aliphatic carbocycles. The lowest BCUT2D eigenvalue weighted by Crippen LogP contribution is -2.36. The number of fused-ring (bicyclic) bond motifs is 2. The molecule has 5 heterocycles. The Bertz CT molecular complexity index is 1280. The summed E-state index contributed by atoms with van der Waals surface area (Å²) in [5.41, 5.74) is 8.23. The first kappa shape index (κ1) is 23.5. The van der Waals surface area contributed by atoms with Crippen LogP contribution in [0.1, 0.15) is 86.9 Å². The summed E-state index contributed by atoms with van der Waals surface area (Å²) in [5.74, 6) is 1.81. The molecule has 182 valence electrons. The predicted molar refractivity (Wildman–Crippen MR) is 142 cm³/mol. The Labute approximate surface area is 206 Å². The van der Waals surface area contributed by atoms with Crippen molar-refractivity contribution < 1.29 is 0 Å². The Kier molecular flexibility index (Phi) is 6.51. The molecule has 5 rings (SSSR count). The van der Waals surface area contributed by atoms with Crippen molar-refractivity contribution in [3.63, 3.8) is 0 Å². The number of rotatable bonds is 7. The zero-order valence-electron chi connectivity index (χ0n) is 21.5. The Morgan fingerprint density at radius 1 is 1.12 bits per heavy atom. The number of hydrogen-bond donors (Lipinski definition) is 1. The summed E-state index contributed by atoms with van der Waals surface area (Å²) in [7, 11) is 0. The van der Waals surface area contributed by atoms with E-state index < -0.39 is 0 Å². The van der Waals surface area contributed by atoms with Crippen molar-refractivity contribution in [3.05, 3.63) is 34.2 Å². The maximum Gasteiger partial charge on any atom is 0.158 e. The molecule has 1 aliphatic rings. The van der Waals surface area contributed by atoms with Gasteiger partial charge in [-0.25, -0.2) is 14.5 Å². The van der Waals surface area contributed by atoms with E-state index in [1.54, 1.807) is 6.33 Å². The van der Waals surface area contributed by atoms with Crippen LogP contribution in [0.4, 0.5) is 0 Å². The lowest BCUT2D eigenvalue weighted by molar-refractivity contribution is 0.178. The molecule has 0 saturated carbocycles. The lowest BCUT2D eigenvalue weighted by atomic mass is 9.95. The predicted octanol–water partition coefficient (Wildman–Crippen LogP) is 6.69. The molecular weight excluding hydrogens is 440 g/mol. The second-order valence-electron chi connectivity index (χ2n) is 10.4. The van der Waals surface area contributed by atoms with Gasteiger partial charge in [0.15, 0.2) is 5.65 Å². The number of thiazole rings is 1. The van der Waals surface area contributed by atoms with Gasteiger partial charge in [-0.05, 0) is 62.7 Å². The number of likely N-dealkylation sites (tertiary alicyclic amines) is 1. The van der Waals surface area contributed by atoms with Crippen LogP contribution in [0.2, 0.25) is 0 Å². The van der Waals surface area contributed by atoms with E-state index in [0.717, 1.165) is 11.6 Å². The molecule has 4 aromatic rings. The van der Waals surface area contributed by atoms with Gasteiger partial charge in [-0.15, -0.1) is 11.3 Å². The monoisotopic (exact) mass is 478 g/mol. The van der Waals surface area contributed by atoms with E-state index >= 15 is 0 Å². The van der Waals surface area contributed by atoms with Gasteiger partial charge >= 0.3 is 0 Å². The van der Waals surface area contributed by atoms with Gasteiger partial charge in [-0.2, -0.15) is 5.10 Å². The van der Waals surface area contributed by atoms with Crippen molar-refractivity contribution in [1.82, 2.24) is 29.5 Å². The highest BCUT2D eigenvalue weighted by atomic mass is 32.1. The molecule has 7 heteroatoms. The van der Waals surface area contributed by atoms with Crippen LogP contribution in [0.5, 0.6) is 0 Å². The van der Waals surface area contributed by atoms with Gasteiger partial charge in [0.1, 0.15) is 16.7 Å². The normalized spacial score (nSPS) is 16.1. The zero-order chi connectivity index (χ0) is 24.0. The van der Waals surface area contributed by atoms with E-state index in [4.69, 9.17) is 4.98 Å². The number of piperidine rings is 1. The maximum atomic E-state index is 5.26. The van der Waals surface area contributed by atoms with Gasteiger partial charge in [-0.1, -0.05) is 40.5 Å². The van der Waals surface area contributed by atoms with Crippen molar-refractivity contribution in [2.24, 2.45) is 5.92 Å². The van der Waals surface area contributed by atoms with E-state index in [9.17, 15) is 0 Å². The van der Waals surface area contributed by atoms with Gasteiger partial charge in [-0.3, -0.25) is 0 Å². The van der Waals surface area contributed by atoms with Crippen molar-refractivity contribution in [2.45, 2.75) is 79.1 Å². The maximum absolute atomic E-state index is 5.26. The van der Waals surface area contributed by atoms with E-state index in [1.165, 1.54) is 88.6 Å². The standard InChI is InChI=1S/C27H38N6S/c1-7-19(8-2)13-32-11-9-20(10-12-32)26-31-24-22(16(3)4)23(30-27(24)34-26)21-14-33-25(28-15-29-33)18(6)17(21)5/h14-16,19-20,30H,7-13H2,1-6H3. The molecule has 0 aromatic carbocycles. The van der Waals surface area contributed by atoms with E-state index in [2.05, 4.69) is 67.7 Å². The third-order valence-electron chi connectivity index (χ3n) is 7.99. The number of hydrogen-bond acceptors (Lipinski definition) is 5. The van der Waals surface area contributed by atoms with Crippen LogP contribution in [0, 0.1) is 19.8 Å². The molecule has 4 aromatic heterocycles. The van der Waals surface area contributed by atoms with Gasteiger partial charge in [0.05, 0.1) is 10.7 Å². The highest BCUT2D eigenvalue weighted by Crippen LogP contribution is 2.42. The molecular formula is C27H38N6S. The average molecular weight is 479 g/mol. The third kappa shape index (κ3) is 4.07. The number of H-pyrrole nitrogens is 1. The second kappa shape index (κ2) is 9.42. The zero-order valence-corrected chi connectivity index (χ0v) is 22.3. The second-order valence-corrected chi connectivity index (χ2v) is 11.4. The Hall–Kier alpha value is -2.25. The van der Waals surface area contributed by atoms with Gasteiger partial charge in [0, 0.05) is 29.8 Å². The topological polar surface area (TPSA) is 62.1 Å². The van der Waals surface area contributed by atoms with Crippen LogP contribution in [-0.2, 0) is 0 Å². The van der Waals surface area contributed by atoms with Crippen LogP contribution in [-0.4, -0.2) is 49.1 Å². The fraction of sp³-hybridized carbons (Fsp3) is 0.593. The van der Waals surface area contributed by atoms with Crippen molar-refractivity contribution >= 4 is 27.3 Å². The first-order chi connectivity index (χ1) is 16.4. The van der Waals surface area contributed by atoms with Crippen molar-refractivity contribution in [2.75, 3.05) is 19.6 Å². The Balaban J connectivity index is 1.44. The lowest BCUT2D eigenvalue weighted by Gasteiger charge is -2.33. The van der Waals surface area contributed by atoms with E-state index in [1.807, 2.05) is 15.9 Å². The molecule has 34 heavy (non-hydrogen) atoms. The number of aromatic amines is 1. The largest absolute Gasteiger partial charge is 0.345 e. The first-order valence-electron chi connectivity index (χ1n) is 13.0. The molecule has 0 radical (unpaired) electrons. The fourth-order valence-electron chi connectivity index (χ4n) is 5.58. The molecule has 0 atom stereocenters. The highest BCUT2D eigenvalue weighted by Gasteiger charge is 2.27. The highest BCUT2D eigenvalue weighted by molar-refractivity contribution is 7.18. The van der Waals surface area contributed by atoms with E-state index in [-0.39, 0.29) is 0 Å². The first-order valence-corrected chi connectivity index (χ1v) is 13.8. The Morgan fingerprint density at radius 3 is 2.53 bits per heavy atom. The quantitative estimate of drug-likeness (QED) is 0.321. The minimum Gasteiger partial charge on any atom is -0.345 e. The molecule has 0 bridgehead atoms. The van der Waals surface area contributed by atoms with Crippen molar-refractivity contribution in [1.29, 1.82) is 0 Å². The molecule has 1 aliphatic heterocycles. The molecule has 1 fully saturated rings. The van der Waals surface area contributed by atoms with Crippen LogP contribution >= 0.6 is 11.3 Å². The van der Waals surface area contributed by atoms with Crippen LogP contribution in [0.25, 0.3) is 27.3 Å². The summed E-state index contributed by atoms with van der Waals surface area (Å²) in [5, 5.41) is 5.72. The van der Waals surface area contributed by atoms with Gasteiger partial charge in [0.25, 0.3) is 0 Å². The summed E-state index contributed by atoms with van der Waals surface area (Å²) in [6, 6.07) is 0. The number of nitrogens with one attached hydrogen (secondary N) is 1. The SMILES string of the molecule is CCC(CC)CN1CCC(c2nc3c(C(C)C)c(-c4cn5ncnc5c(C)c4C)[nH]c3s2)CC1. The molecule has 6 nitrogen and oxygen atoms in total. The number of nitrogens with zero attached hydrogens (tertiary/aromatic N) is 5. The summed E-state index contributed by atoms with van der Waals surface area (Å²) in [4.78, 5) is 17.4. The third-order valence-corrected chi connectivity index (χ3v) is 9.12. The van der Waals surface area contributed by atoms with Crippen LogP contribution in [0.3, 0.4) is 0 Å². The van der Waals surface area contributed by atoms with Crippen LogP contribution < -0.4 is 0 Å². The minimum absolute atomic E-state index is 0.381. The van der Waals surface area contributed by atoms with Crippen LogP contribution in [0.15, 0.2) is 12.5 Å². The average Bonchev–Trinajstić information content (AvgIpc) is 3.54. The van der Waals surface area contributed by atoms with Crippen molar-refractivity contribution in [3.8, 4) is 11.3 Å². The fourth-order valence-corrected chi connectivity index (χ4v) is 6.73. The summed E-state index contributed by atoms with van der Waals surface area (Å²) < 4.78 is 1.89. The molecule has 0 unspecified atom stereocenters. The van der Waals surface area contributed by atoms with Gasteiger partial charge in [0.2, 0.25) is 0 Å². The molecule has 0 amide bonds. The number of aryl methyl sites for hydroxylation is 1. The van der Waals surface area contributed by atoms with Gasteiger partial charge < -0.3 is 9.88 Å².